The summed E-state index contributed by atoms with van der Waals surface area (Å²) in [7, 11) is 0. The lowest BCUT2D eigenvalue weighted by Crippen LogP contribution is -2.19. The summed E-state index contributed by atoms with van der Waals surface area (Å²) in [6.45, 7) is 6.82. The Bertz CT molecular complexity index is 298. The molecule has 0 heterocycles. The molecule has 1 nitrogen and oxygen atoms in total. The molecular formula is C14H22O. The third-order valence-electron chi connectivity index (χ3n) is 3.98. The summed E-state index contributed by atoms with van der Waals surface area (Å²) in [5, 5.41) is 0. The van der Waals surface area contributed by atoms with E-state index >= 15 is 0 Å². The number of carbonyl (C=O) groups is 1. The monoisotopic (exact) mass is 206 g/mol. The Labute approximate surface area is 92.9 Å². The molecule has 1 saturated carbocycles. The normalized spacial score (nSPS) is 38.9. The fourth-order valence-corrected chi connectivity index (χ4v) is 3.31. The van der Waals surface area contributed by atoms with Crippen molar-refractivity contribution in [1.82, 2.24) is 0 Å². The van der Waals surface area contributed by atoms with Gasteiger partial charge in [0, 0.05) is 12.3 Å². The van der Waals surface area contributed by atoms with Gasteiger partial charge in [-0.1, -0.05) is 25.5 Å². The van der Waals surface area contributed by atoms with Gasteiger partial charge in [0.05, 0.1) is 0 Å². The lowest BCUT2D eigenvalue weighted by atomic mass is 9.85. The van der Waals surface area contributed by atoms with E-state index in [1.807, 2.05) is 0 Å². The molecule has 0 N–H and O–H groups in total. The van der Waals surface area contributed by atoms with Crippen LogP contribution in [0.5, 0.6) is 0 Å². The first kappa shape index (κ1) is 10.9. The number of allylic oxidation sites excluding steroid dienone is 2. The summed E-state index contributed by atoms with van der Waals surface area (Å²) in [6, 6.07) is 0. The zero-order valence-electron chi connectivity index (χ0n) is 10.2. The highest BCUT2D eigenvalue weighted by Crippen LogP contribution is 2.47. The molecule has 0 unspecified atom stereocenters. The van der Waals surface area contributed by atoms with Crippen molar-refractivity contribution in [3.05, 3.63) is 11.6 Å². The van der Waals surface area contributed by atoms with Crippen LogP contribution >= 0.6 is 0 Å². The lowest BCUT2D eigenvalue weighted by Gasteiger charge is -2.19. The third-order valence-corrected chi connectivity index (χ3v) is 3.98. The van der Waals surface area contributed by atoms with Crippen molar-refractivity contribution >= 4 is 5.78 Å². The van der Waals surface area contributed by atoms with Crippen LogP contribution in [0.25, 0.3) is 0 Å². The number of Topliss-reactive ketones (excluding diaryl/α,β-unsaturated/α-hetero) is 1. The van der Waals surface area contributed by atoms with Crippen molar-refractivity contribution in [3.8, 4) is 0 Å². The summed E-state index contributed by atoms with van der Waals surface area (Å²) < 4.78 is 0. The molecule has 84 valence electrons. The minimum Gasteiger partial charge on any atom is -0.299 e. The van der Waals surface area contributed by atoms with Crippen LogP contribution in [0.4, 0.5) is 0 Å². The Morgan fingerprint density at radius 2 is 2.00 bits per heavy atom. The molecule has 0 aliphatic heterocycles. The fourth-order valence-electron chi connectivity index (χ4n) is 3.31. The van der Waals surface area contributed by atoms with E-state index < -0.39 is 0 Å². The zero-order chi connectivity index (χ0) is 11.1. The first-order valence-corrected chi connectivity index (χ1v) is 6.18. The molecule has 0 aromatic carbocycles. The predicted octanol–water partition coefficient (Wildman–Crippen LogP) is 3.74. The van der Waals surface area contributed by atoms with Gasteiger partial charge in [0.15, 0.2) is 0 Å². The van der Waals surface area contributed by atoms with Crippen molar-refractivity contribution in [2.75, 3.05) is 0 Å². The maximum absolute atomic E-state index is 12.0. The van der Waals surface area contributed by atoms with E-state index in [9.17, 15) is 4.79 Å². The van der Waals surface area contributed by atoms with Crippen LogP contribution in [0.1, 0.15) is 52.9 Å². The van der Waals surface area contributed by atoms with Crippen LogP contribution in [0.3, 0.4) is 0 Å². The first-order chi connectivity index (χ1) is 6.98. The molecule has 0 spiro atoms. The summed E-state index contributed by atoms with van der Waals surface area (Å²) >= 11 is 0. The average Bonchev–Trinajstić information content (AvgIpc) is 2.39. The van der Waals surface area contributed by atoms with Gasteiger partial charge in [0.25, 0.3) is 0 Å². The maximum atomic E-state index is 12.0. The van der Waals surface area contributed by atoms with Gasteiger partial charge in [-0.3, -0.25) is 4.79 Å². The summed E-state index contributed by atoms with van der Waals surface area (Å²) in [6.07, 6.45) is 7.67. The first-order valence-electron chi connectivity index (χ1n) is 6.18. The van der Waals surface area contributed by atoms with Crippen molar-refractivity contribution in [1.29, 1.82) is 0 Å². The Kier molecular flexibility index (Phi) is 2.74. The molecule has 0 radical (unpaired) electrons. The Morgan fingerprint density at radius 3 is 2.73 bits per heavy atom. The Balaban J connectivity index is 2.24. The SMILES string of the molecule is C/C1=C/[C@H]2CC(C)(C)C[C@@H]2C(=O)CCC1. The van der Waals surface area contributed by atoms with Gasteiger partial charge in [0.1, 0.15) is 5.78 Å². The van der Waals surface area contributed by atoms with Crippen molar-refractivity contribution in [2.24, 2.45) is 17.3 Å². The number of hydrogen-bond donors (Lipinski definition) is 0. The minimum absolute atomic E-state index is 0.329. The molecule has 15 heavy (non-hydrogen) atoms. The Hall–Kier alpha value is -0.590. The number of carbonyl (C=O) groups excluding carboxylic acids is 1. The van der Waals surface area contributed by atoms with Crippen molar-refractivity contribution < 1.29 is 4.79 Å². The second-order valence-corrected chi connectivity index (χ2v) is 6.18. The van der Waals surface area contributed by atoms with Crippen LogP contribution < -0.4 is 0 Å². The second-order valence-electron chi connectivity index (χ2n) is 6.18. The molecule has 0 amide bonds. The van der Waals surface area contributed by atoms with E-state index in [0.29, 0.717) is 23.0 Å². The van der Waals surface area contributed by atoms with Gasteiger partial charge in [-0.2, -0.15) is 0 Å². The summed E-state index contributed by atoms with van der Waals surface area (Å²) in [5.74, 6) is 1.39. The number of ketones is 1. The van der Waals surface area contributed by atoms with Crippen LogP contribution in [-0.4, -0.2) is 5.78 Å². The minimum atomic E-state index is 0.329. The fraction of sp³-hybridized carbons (Fsp3) is 0.786. The second kappa shape index (κ2) is 3.77. The van der Waals surface area contributed by atoms with E-state index in [1.54, 1.807) is 0 Å². The van der Waals surface area contributed by atoms with E-state index in [2.05, 4.69) is 26.8 Å². The van der Waals surface area contributed by atoms with E-state index in [1.165, 1.54) is 12.0 Å². The summed E-state index contributed by atoms with van der Waals surface area (Å²) in [5.41, 5.74) is 1.86. The number of rotatable bonds is 0. The molecule has 2 aliphatic carbocycles. The molecule has 2 atom stereocenters. The molecule has 2 rings (SSSR count). The van der Waals surface area contributed by atoms with Gasteiger partial charge in [-0.05, 0) is 43.9 Å². The molecule has 2 aliphatic rings. The highest BCUT2D eigenvalue weighted by atomic mass is 16.1. The van der Waals surface area contributed by atoms with Crippen molar-refractivity contribution in [3.63, 3.8) is 0 Å². The van der Waals surface area contributed by atoms with E-state index in [-0.39, 0.29) is 0 Å². The van der Waals surface area contributed by atoms with Gasteiger partial charge in [-0.15, -0.1) is 0 Å². The maximum Gasteiger partial charge on any atom is 0.136 e. The molecule has 0 saturated heterocycles. The van der Waals surface area contributed by atoms with Crippen LogP contribution in [0.15, 0.2) is 11.6 Å². The molecule has 0 bridgehead atoms. The predicted molar refractivity (Wildman–Crippen MR) is 62.6 cm³/mol. The van der Waals surface area contributed by atoms with E-state index in [0.717, 1.165) is 25.7 Å². The molecule has 1 fully saturated rings. The van der Waals surface area contributed by atoms with Crippen molar-refractivity contribution in [2.45, 2.75) is 52.9 Å². The smallest absolute Gasteiger partial charge is 0.136 e. The standard InChI is InChI=1S/C14H22O/c1-10-5-4-6-13(15)12-9-14(2,3)8-11(12)7-10/h7,11-12H,4-6,8-9H2,1-3H3/b10-7-/t11-,12-/m0/s1. The topological polar surface area (TPSA) is 17.1 Å². The molecule has 0 aromatic heterocycles. The molecule has 0 aromatic rings. The van der Waals surface area contributed by atoms with Gasteiger partial charge in [0.2, 0.25) is 0 Å². The van der Waals surface area contributed by atoms with Crippen LogP contribution in [0, 0.1) is 17.3 Å². The van der Waals surface area contributed by atoms with E-state index in [4.69, 9.17) is 0 Å². The van der Waals surface area contributed by atoms with Gasteiger partial charge < -0.3 is 0 Å². The van der Waals surface area contributed by atoms with Gasteiger partial charge >= 0.3 is 0 Å². The quantitative estimate of drug-likeness (QED) is 0.552. The molecular weight excluding hydrogens is 184 g/mol. The third kappa shape index (κ3) is 2.32. The highest BCUT2D eigenvalue weighted by Gasteiger charge is 2.41. The Morgan fingerprint density at radius 1 is 1.27 bits per heavy atom. The summed E-state index contributed by atoms with van der Waals surface area (Å²) in [4.78, 5) is 12.0. The van der Waals surface area contributed by atoms with Crippen LogP contribution in [0.2, 0.25) is 0 Å². The average molecular weight is 206 g/mol. The lowest BCUT2D eigenvalue weighted by molar-refractivity contribution is -0.123. The van der Waals surface area contributed by atoms with Crippen LogP contribution in [-0.2, 0) is 4.79 Å². The highest BCUT2D eigenvalue weighted by molar-refractivity contribution is 5.82. The van der Waals surface area contributed by atoms with Gasteiger partial charge in [-0.25, -0.2) is 0 Å². The largest absolute Gasteiger partial charge is 0.299 e. The number of hydrogen-bond acceptors (Lipinski definition) is 1. The zero-order valence-corrected chi connectivity index (χ0v) is 10.2. The molecule has 1 heteroatoms. The number of fused-ring (bicyclic) bond motifs is 1.